The minimum Gasteiger partial charge on any atom is -0.311 e. The molecular weight excluding hydrogens is 781 g/mol. The van der Waals surface area contributed by atoms with E-state index in [2.05, 4.69) is 252 Å². The predicted molar refractivity (Wildman–Crippen MR) is 270 cm³/mol. The summed E-state index contributed by atoms with van der Waals surface area (Å²) in [5.41, 5.74) is 16.7. The highest BCUT2D eigenvalue weighted by Gasteiger charge is 2.17. The van der Waals surface area contributed by atoms with Gasteiger partial charge in [-0.15, -0.1) is 11.3 Å². The van der Waals surface area contributed by atoms with Crippen LogP contribution in [0, 0.1) is 0 Å². The molecule has 2 heterocycles. The second kappa shape index (κ2) is 15.5. The molecule has 0 spiro atoms. The van der Waals surface area contributed by atoms with Gasteiger partial charge in [-0.1, -0.05) is 176 Å². The first kappa shape index (κ1) is 36.8. The zero-order chi connectivity index (χ0) is 41.7. The lowest BCUT2D eigenvalue weighted by Gasteiger charge is -2.26. The molecule has 0 aliphatic rings. The van der Waals surface area contributed by atoms with Gasteiger partial charge in [-0.25, -0.2) is 0 Å². The molecule has 0 bridgehead atoms. The number of thiophene rings is 1. The molecule has 0 amide bonds. The van der Waals surface area contributed by atoms with E-state index in [1.54, 1.807) is 0 Å². The summed E-state index contributed by atoms with van der Waals surface area (Å²) in [6.07, 6.45) is 0. The molecule has 12 rings (SSSR count). The molecule has 0 fully saturated rings. The minimum atomic E-state index is 1.11. The first-order chi connectivity index (χ1) is 31.2. The molecule has 2 nitrogen and oxygen atoms in total. The van der Waals surface area contributed by atoms with E-state index >= 15 is 0 Å². The molecular formula is C60H40N2S. The van der Waals surface area contributed by atoms with E-state index in [9.17, 15) is 0 Å². The first-order valence-electron chi connectivity index (χ1n) is 21.5. The molecule has 63 heavy (non-hydrogen) atoms. The number of benzene rings is 10. The Morgan fingerprint density at radius 2 is 0.714 bits per heavy atom. The molecule has 3 heteroatoms. The molecule has 0 saturated carbocycles. The maximum absolute atomic E-state index is 2.41. The fourth-order valence-corrected chi connectivity index (χ4v) is 10.7. The molecule has 0 aliphatic carbocycles. The van der Waals surface area contributed by atoms with Crippen LogP contribution in [0.1, 0.15) is 0 Å². The van der Waals surface area contributed by atoms with Gasteiger partial charge in [0.15, 0.2) is 0 Å². The molecule has 0 saturated heterocycles. The zero-order valence-corrected chi connectivity index (χ0v) is 35.2. The Morgan fingerprint density at radius 3 is 1.33 bits per heavy atom. The van der Waals surface area contributed by atoms with Crippen molar-refractivity contribution in [2.45, 2.75) is 0 Å². The van der Waals surface area contributed by atoms with Crippen LogP contribution < -0.4 is 4.90 Å². The Kier molecular flexibility index (Phi) is 9.06. The maximum Gasteiger partial charge on any atom is 0.0541 e. The normalized spacial score (nSPS) is 11.5. The van der Waals surface area contributed by atoms with Gasteiger partial charge in [-0.2, -0.15) is 0 Å². The van der Waals surface area contributed by atoms with Gasteiger partial charge in [-0.05, 0) is 111 Å². The van der Waals surface area contributed by atoms with Crippen molar-refractivity contribution in [2.24, 2.45) is 0 Å². The SMILES string of the molecule is c1ccc(-c2ccc(N(c3ccccc3)c3ccc(-c4ccc5c(c4)c4ccccc4n5-c4ccc(-c5cccc6c5sc5c(-c7ccccc7)cccc56)cc4)cc3)cc2)cc1. The number of para-hydroxylation sites is 2. The summed E-state index contributed by atoms with van der Waals surface area (Å²) >= 11 is 1.90. The van der Waals surface area contributed by atoms with Crippen LogP contribution in [0.25, 0.3) is 92.2 Å². The minimum absolute atomic E-state index is 1.11. The number of aromatic nitrogens is 1. The number of hydrogen-bond donors (Lipinski definition) is 0. The first-order valence-corrected chi connectivity index (χ1v) is 22.3. The van der Waals surface area contributed by atoms with Crippen molar-refractivity contribution in [3.63, 3.8) is 0 Å². The monoisotopic (exact) mass is 820 g/mol. The molecule has 12 aromatic rings. The molecule has 296 valence electrons. The van der Waals surface area contributed by atoms with Gasteiger partial charge in [0.1, 0.15) is 0 Å². The van der Waals surface area contributed by atoms with Crippen LogP contribution in [-0.2, 0) is 0 Å². The fraction of sp³-hybridized carbons (Fsp3) is 0. The van der Waals surface area contributed by atoms with Crippen molar-refractivity contribution in [2.75, 3.05) is 4.90 Å². The second-order valence-corrected chi connectivity index (χ2v) is 17.1. The molecule has 0 aliphatic heterocycles. The van der Waals surface area contributed by atoms with Crippen LogP contribution in [0.3, 0.4) is 0 Å². The van der Waals surface area contributed by atoms with Crippen LogP contribution in [-0.4, -0.2) is 4.57 Å². The number of fused-ring (bicyclic) bond motifs is 6. The van der Waals surface area contributed by atoms with Gasteiger partial charge in [-0.3, -0.25) is 0 Å². The van der Waals surface area contributed by atoms with Gasteiger partial charge < -0.3 is 9.47 Å². The van der Waals surface area contributed by atoms with Crippen LogP contribution >= 0.6 is 11.3 Å². The average molecular weight is 821 g/mol. The summed E-state index contributed by atoms with van der Waals surface area (Å²) in [7, 11) is 0. The fourth-order valence-electron chi connectivity index (χ4n) is 9.37. The third-order valence-corrected chi connectivity index (χ3v) is 13.7. The van der Waals surface area contributed by atoms with Gasteiger partial charge in [0.05, 0.1) is 11.0 Å². The molecule has 10 aromatic carbocycles. The van der Waals surface area contributed by atoms with E-state index in [-0.39, 0.29) is 0 Å². The quantitative estimate of drug-likeness (QED) is 0.148. The summed E-state index contributed by atoms with van der Waals surface area (Å²) in [5.74, 6) is 0. The summed E-state index contributed by atoms with van der Waals surface area (Å²) in [6.45, 7) is 0. The van der Waals surface area contributed by atoms with E-state index < -0.39 is 0 Å². The topological polar surface area (TPSA) is 8.17 Å². The van der Waals surface area contributed by atoms with Crippen LogP contribution in [0.4, 0.5) is 17.1 Å². The smallest absolute Gasteiger partial charge is 0.0541 e. The summed E-state index contributed by atoms with van der Waals surface area (Å²) in [5, 5.41) is 5.11. The Balaban J connectivity index is 0.883. The lowest BCUT2D eigenvalue weighted by molar-refractivity contribution is 1.18. The molecule has 0 N–H and O–H groups in total. The average Bonchev–Trinajstić information content (AvgIpc) is 3.91. The Labute approximate surface area is 370 Å². The lowest BCUT2D eigenvalue weighted by atomic mass is 10.00. The van der Waals surface area contributed by atoms with Gasteiger partial charge >= 0.3 is 0 Å². The van der Waals surface area contributed by atoms with Gasteiger partial charge in [0.25, 0.3) is 0 Å². The van der Waals surface area contributed by atoms with Crippen molar-refractivity contribution in [1.29, 1.82) is 0 Å². The van der Waals surface area contributed by atoms with E-state index in [1.807, 2.05) is 11.3 Å². The molecule has 0 atom stereocenters. The van der Waals surface area contributed by atoms with Crippen molar-refractivity contribution in [3.05, 3.63) is 243 Å². The predicted octanol–water partition coefficient (Wildman–Crippen LogP) is 17.3. The second-order valence-electron chi connectivity index (χ2n) is 16.1. The van der Waals surface area contributed by atoms with E-state index in [4.69, 9.17) is 0 Å². The standard InChI is InChI=1S/C60H40N2S/c1-4-14-41(15-5-1)42-26-33-48(34-27-42)61(47-18-8-3-9-19-47)49-35-28-43(29-36-49)46-32-39-58-56(40-46)53-20-10-11-25-57(53)62(58)50-37-30-45(31-38-50)52-22-13-24-55-54-23-12-21-51(59(54)63-60(52)55)44-16-6-2-7-17-44/h1-40H. The van der Waals surface area contributed by atoms with Crippen molar-refractivity contribution >= 4 is 70.4 Å². The largest absolute Gasteiger partial charge is 0.311 e. The molecule has 0 unspecified atom stereocenters. The number of nitrogens with zero attached hydrogens (tertiary/aromatic N) is 2. The zero-order valence-electron chi connectivity index (χ0n) is 34.4. The van der Waals surface area contributed by atoms with Crippen LogP contribution in [0.15, 0.2) is 243 Å². The highest BCUT2D eigenvalue weighted by molar-refractivity contribution is 7.26. The summed E-state index contributed by atoms with van der Waals surface area (Å²) in [4.78, 5) is 2.32. The number of rotatable bonds is 8. The molecule has 2 aromatic heterocycles. The lowest BCUT2D eigenvalue weighted by Crippen LogP contribution is -2.09. The highest BCUT2D eigenvalue weighted by Crippen LogP contribution is 2.44. The summed E-state index contributed by atoms with van der Waals surface area (Å²) < 4.78 is 5.07. The van der Waals surface area contributed by atoms with Crippen molar-refractivity contribution in [3.8, 4) is 50.2 Å². The van der Waals surface area contributed by atoms with Gasteiger partial charge in [0, 0.05) is 53.7 Å². The third kappa shape index (κ3) is 6.50. The van der Waals surface area contributed by atoms with Gasteiger partial charge in [0.2, 0.25) is 0 Å². The van der Waals surface area contributed by atoms with E-state index in [1.165, 1.54) is 86.5 Å². The molecule has 0 radical (unpaired) electrons. The van der Waals surface area contributed by atoms with Crippen LogP contribution in [0.5, 0.6) is 0 Å². The maximum atomic E-state index is 2.41. The van der Waals surface area contributed by atoms with Crippen molar-refractivity contribution in [1.82, 2.24) is 4.57 Å². The van der Waals surface area contributed by atoms with E-state index in [0.29, 0.717) is 0 Å². The van der Waals surface area contributed by atoms with E-state index in [0.717, 1.165) is 22.7 Å². The number of hydrogen-bond acceptors (Lipinski definition) is 2. The Morgan fingerprint density at radius 1 is 0.286 bits per heavy atom. The Bertz CT molecular complexity index is 3570. The van der Waals surface area contributed by atoms with Crippen molar-refractivity contribution < 1.29 is 0 Å². The number of anilines is 3. The van der Waals surface area contributed by atoms with Crippen LogP contribution in [0.2, 0.25) is 0 Å². The summed E-state index contributed by atoms with van der Waals surface area (Å²) in [6, 6.07) is 88.0. The highest BCUT2D eigenvalue weighted by atomic mass is 32.1. The third-order valence-electron chi connectivity index (χ3n) is 12.4. The Hall–Kier alpha value is -7.98.